The molecule has 0 aromatic heterocycles. The van der Waals surface area contributed by atoms with Gasteiger partial charge in [0, 0.05) is 6.04 Å². The summed E-state index contributed by atoms with van der Waals surface area (Å²) < 4.78 is 26.6. The Morgan fingerprint density at radius 2 is 1.95 bits per heavy atom. The van der Waals surface area contributed by atoms with E-state index in [-0.39, 0.29) is 11.6 Å². The van der Waals surface area contributed by atoms with Crippen molar-refractivity contribution < 1.29 is 13.6 Å². The SMILES string of the molecule is CC(NC(=O)c1cccc(F)c1F)C1CCCCC1. The van der Waals surface area contributed by atoms with Gasteiger partial charge in [-0.2, -0.15) is 0 Å². The molecule has 1 aromatic rings. The van der Waals surface area contributed by atoms with Gasteiger partial charge in [-0.25, -0.2) is 8.78 Å². The standard InChI is InChI=1S/C15H19F2NO/c1-10(11-6-3-2-4-7-11)18-15(19)12-8-5-9-13(16)14(12)17/h5,8-11H,2-4,6-7H2,1H3,(H,18,19). The second-order valence-electron chi connectivity index (χ2n) is 5.26. The number of hydrogen-bond acceptors (Lipinski definition) is 1. The van der Waals surface area contributed by atoms with Crippen molar-refractivity contribution in [3.63, 3.8) is 0 Å². The molecule has 104 valence electrons. The van der Waals surface area contributed by atoms with Crippen LogP contribution in [0.2, 0.25) is 0 Å². The average molecular weight is 267 g/mol. The molecule has 1 aliphatic carbocycles. The fraction of sp³-hybridized carbons (Fsp3) is 0.533. The molecule has 0 spiro atoms. The van der Waals surface area contributed by atoms with Crippen LogP contribution in [0.4, 0.5) is 8.78 Å². The van der Waals surface area contributed by atoms with E-state index < -0.39 is 17.5 Å². The van der Waals surface area contributed by atoms with E-state index in [1.165, 1.54) is 31.4 Å². The first kappa shape index (κ1) is 14.0. The van der Waals surface area contributed by atoms with Gasteiger partial charge < -0.3 is 5.32 Å². The fourth-order valence-corrected chi connectivity index (χ4v) is 2.72. The summed E-state index contributed by atoms with van der Waals surface area (Å²) in [6.07, 6.45) is 5.79. The van der Waals surface area contributed by atoms with E-state index in [0.717, 1.165) is 18.9 Å². The minimum absolute atomic E-state index is 0.00420. The van der Waals surface area contributed by atoms with Crippen molar-refractivity contribution in [3.8, 4) is 0 Å². The Balaban J connectivity index is 2.02. The lowest BCUT2D eigenvalue weighted by molar-refractivity contribution is 0.0914. The number of halogens is 2. The van der Waals surface area contributed by atoms with Crippen molar-refractivity contribution in [3.05, 3.63) is 35.4 Å². The third-order valence-corrected chi connectivity index (χ3v) is 3.91. The first-order chi connectivity index (χ1) is 9.09. The smallest absolute Gasteiger partial charge is 0.254 e. The molecule has 1 N–H and O–H groups in total. The van der Waals surface area contributed by atoms with Gasteiger partial charge in [-0.1, -0.05) is 25.3 Å². The highest BCUT2D eigenvalue weighted by molar-refractivity contribution is 5.94. The summed E-state index contributed by atoms with van der Waals surface area (Å²) in [4.78, 5) is 12.0. The molecular weight excluding hydrogens is 248 g/mol. The van der Waals surface area contributed by atoms with Crippen LogP contribution in [-0.2, 0) is 0 Å². The van der Waals surface area contributed by atoms with Crippen molar-refractivity contribution in [2.45, 2.75) is 45.1 Å². The molecule has 2 rings (SSSR count). The fourth-order valence-electron chi connectivity index (χ4n) is 2.72. The molecule has 0 radical (unpaired) electrons. The number of rotatable bonds is 3. The summed E-state index contributed by atoms with van der Waals surface area (Å²) in [5.74, 6) is -2.15. The summed E-state index contributed by atoms with van der Waals surface area (Å²) >= 11 is 0. The second kappa shape index (κ2) is 6.13. The van der Waals surface area contributed by atoms with Gasteiger partial charge >= 0.3 is 0 Å². The largest absolute Gasteiger partial charge is 0.349 e. The predicted molar refractivity (Wildman–Crippen MR) is 69.9 cm³/mol. The zero-order valence-electron chi connectivity index (χ0n) is 11.1. The van der Waals surface area contributed by atoms with E-state index in [1.807, 2.05) is 6.92 Å². The normalized spacial score (nSPS) is 18.1. The van der Waals surface area contributed by atoms with Crippen molar-refractivity contribution in [2.75, 3.05) is 0 Å². The Morgan fingerprint density at radius 3 is 2.63 bits per heavy atom. The number of amides is 1. The summed E-state index contributed by atoms with van der Waals surface area (Å²) in [5.41, 5.74) is -0.220. The molecule has 1 saturated carbocycles. The minimum Gasteiger partial charge on any atom is -0.349 e. The zero-order valence-corrected chi connectivity index (χ0v) is 11.1. The molecule has 1 fully saturated rings. The van der Waals surface area contributed by atoms with Crippen LogP contribution >= 0.6 is 0 Å². The van der Waals surface area contributed by atoms with Crippen LogP contribution < -0.4 is 5.32 Å². The first-order valence-electron chi connectivity index (χ1n) is 6.84. The molecule has 1 aromatic carbocycles. The van der Waals surface area contributed by atoms with Crippen LogP contribution in [0.25, 0.3) is 0 Å². The average Bonchev–Trinajstić information content (AvgIpc) is 2.42. The predicted octanol–water partition coefficient (Wildman–Crippen LogP) is 3.66. The summed E-state index contributed by atoms with van der Waals surface area (Å²) in [6, 6.07) is 3.66. The molecule has 1 aliphatic rings. The van der Waals surface area contributed by atoms with Crippen LogP contribution in [0, 0.1) is 17.6 Å². The molecular formula is C15H19F2NO. The number of carbonyl (C=O) groups excluding carboxylic acids is 1. The Hall–Kier alpha value is -1.45. The molecule has 2 nitrogen and oxygen atoms in total. The van der Waals surface area contributed by atoms with Crippen molar-refractivity contribution >= 4 is 5.91 Å². The van der Waals surface area contributed by atoms with Gasteiger partial charge in [0.05, 0.1) is 5.56 Å². The zero-order chi connectivity index (χ0) is 13.8. The molecule has 0 saturated heterocycles. The van der Waals surface area contributed by atoms with Crippen LogP contribution in [0.15, 0.2) is 18.2 Å². The lowest BCUT2D eigenvalue weighted by Crippen LogP contribution is -2.39. The second-order valence-corrected chi connectivity index (χ2v) is 5.26. The Morgan fingerprint density at radius 1 is 1.26 bits per heavy atom. The van der Waals surface area contributed by atoms with E-state index in [1.54, 1.807) is 0 Å². The topological polar surface area (TPSA) is 29.1 Å². The summed E-state index contributed by atoms with van der Waals surface area (Å²) in [5, 5.41) is 2.79. The Bertz CT molecular complexity index is 455. The third-order valence-electron chi connectivity index (χ3n) is 3.91. The summed E-state index contributed by atoms with van der Waals surface area (Å²) in [6.45, 7) is 1.94. The van der Waals surface area contributed by atoms with E-state index in [4.69, 9.17) is 0 Å². The van der Waals surface area contributed by atoms with E-state index in [2.05, 4.69) is 5.32 Å². The van der Waals surface area contributed by atoms with Crippen molar-refractivity contribution in [2.24, 2.45) is 5.92 Å². The number of carbonyl (C=O) groups is 1. The van der Waals surface area contributed by atoms with Crippen molar-refractivity contribution in [1.29, 1.82) is 0 Å². The van der Waals surface area contributed by atoms with Gasteiger partial charge in [-0.05, 0) is 37.8 Å². The molecule has 0 bridgehead atoms. The van der Waals surface area contributed by atoms with E-state index in [0.29, 0.717) is 5.92 Å². The van der Waals surface area contributed by atoms with Gasteiger partial charge in [-0.3, -0.25) is 4.79 Å². The number of benzene rings is 1. The van der Waals surface area contributed by atoms with Gasteiger partial charge in [0.25, 0.3) is 5.91 Å². The Labute approximate surface area is 112 Å². The van der Waals surface area contributed by atoms with E-state index >= 15 is 0 Å². The highest BCUT2D eigenvalue weighted by atomic mass is 19.2. The summed E-state index contributed by atoms with van der Waals surface area (Å²) in [7, 11) is 0. The lowest BCUT2D eigenvalue weighted by Gasteiger charge is -2.28. The quantitative estimate of drug-likeness (QED) is 0.889. The highest BCUT2D eigenvalue weighted by Crippen LogP contribution is 2.26. The molecule has 1 amide bonds. The minimum atomic E-state index is -1.07. The van der Waals surface area contributed by atoms with Gasteiger partial charge in [0.1, 0.15) is 0 Å². The number of nitrogens with one attached hydrogen (secondary N) is 1. The van der Waals surface area contributed by atoms with Crippen LogP contribution in [-0.4, -0.2) is 11.9 Å². The number of hydrogen-bond donors (Lipinski definition) is 1. The maximum atomic E-state index is 13.5. The van der Waals surface area contributed by atoms with Crippen LogP contribution in [0.1, 0.15) is 49.4 Å². The van der Waals surface area contributed by atoms with Crippen LogP contribution in [0.5, 0.6) is 0 Å². The maximum absolute atomic E-state index is 13.5. The lowest BCUT2D eigenvalue weighted by atomic mass is 9.84. The first-order valence-corrected chi connectivity index (χ1v) is 6.84. The molecule has 4 heteroatoms. The molecule has 0 aliphatic heterocycles. The molecule has 1 atom stereocenters. The highest BCUT2D eigenvalue weighted by Gasteiger charge is 2.23. The van der Waals surface area contributed by atoms with Gasteiger partial charge in [0.15, 0.2) is 11.6 Å². The van der Waals surface area contributed by atoms with Crippen LogP contribution in [0.3, 0.4) is 0 Å². The monoisotopic (exact) mass is 267 g/mol. The molecule has 19 heavy (non-hydrogen) atoms. The van der Waals surface area contributed by atoms with Crippen molar-refractivity contribution in [1.82, 2.24) is 5.32 Å². The van der Waals surface area contributed by atoms with E-state index in [9.17, 15) is 13.6 Å². The van der Waals surface area contributed by atoms with Gasteiger partial charge in [-0.15, -0.1) is 0 Å². The third kappa shape index (κ3) is 3.31. The Kier molecular flexibility index (Phi) is 4.51. The molecule has 1 unspecified atom stereocenters. The molecule has 0 heterocycles. The van der Waals surface area contributed by atoms with Gasteiger partial charge in [0.2, 0.25) is 0 Å². The maximum Gasteiger partial charge on any atom is 0.254 e.